The third-order valence-corrected chi connectivity index (χ3v) is 4.28. The van der Waals surface area contributed by atoms with Crippen molar-refractivity contribution in [2.75, 3.05) is 0 Å². The molecule has 0 aliphatic rings. The van der Waals surface area contributed by atoms with Gasteiger partial charge < -0.3 is 4.98 Å². The van der Waals surface area contributed by atoms with E-state index < -0.39 is 5.56 Å². The maximum Gasteiger partial charge on any atom is 0.267 e. The van der Waals surface area contributed by atoms with E-state index in [1.54, 1.807) is 24.3 Å². The molecule has 0 aliphatic carbocycles. The highest BCUT2D eigenvalue weighted by molar-refractivity contribution is 7.80. The molecular weight excluding hydrogens is 344 g/mol. The number of nitrogens with one attached hydrogen (secondary N) is 1. The van der Waals surface area contributed by atoms with Crippen LogP contribution < -0.4 is 5.56 Å². The fraction of sp³-hybridized carbons (Fsp3) is 0. The third kappa shape index (κ3) is 2.96. The lowest BCUT2D eigenvalue weighted by Crippen LogP contribution is -2.14. The van der Waals surface area contributed by atoms with Crippen molar-refractivity contribution in [1.29, 1.82) is 15.8 Å². The summed E-state index contributed by atoms with van der Waals surface area (Å²) < 4.78 is 0. The molecule has 1 N–H and O–H groups in total. The summed E-state index contributed by atoms with van der Waals surface area (Å²) in [5.41, 5.74) is 2.71. The van der Waals surface area contributed by atoms with Crippen LogP contribution >= 0.6 is 12.6 Å². The average molecular weight is 354 g/mol. The molecule has 3 rings (SSSR count). The van der Waals surface area contributed by atoms with Crippen molar-refractivity contribution in [2.45, 2.75) is 5.03 Å². The minimum Gasteiger partial charge on any atom is -0.315 e. The summed E-state index contributed by atoms with van der Waals surface area (Å²) in [4.78, 5) is 14.4. The van der Waals surface area contributed by atoms with E-state index >= 15 is 0 Å². The van der Waals surface area contributed by atoms with Gasteiger partial charge in [-0.05, 0) is 28.8 Å². The second kappa shape index (κ2) is 6.99. The molecule has 0 aliphatic heterocycles. The zero-order valence-corrected chi connectivity index (χ0v) is 14.2. The molecule has 1 aromatic heterocycles. The van der Waals surface area contributed by atoms with E-state index in [2.05, 4.69) is 23.7 Å². The van der Waals surface area contributed by atoms with E-state index in [0.29, 0.717) is 11.1 Å². The normalized spacial score (nSPS) is 9.77. The second-order valence-electron chi connectivity index (χ2n) is 5.42. The van der Waals surface area contributed by atoms with Gasteiger partial charge in [0, 0.05) is 5.56 Å². The van der Waals surface area contributed by atoms with E-state index in [1.807, 2.05) is 36.4 Å². The lowest BCUT2D eigenvalue weighted by molar-refractivity contribution is 1.06. The maximum atomic E-state index is 12.0. The van der Waals surface area contributed by atoms with Crippen LogP contribution in [0.2, 0.25) is 0 Å². The van der Waals surface area contributed by atoms with Gasteiger partial charge in [-0.1, -0.05) is 36.4 Å². The molecule has 1 heterocycles. The van der Waals surface area contributed by atoms with Crippen LogP contribution in [0.1, 0.15) is 16.7 Å². The Kier molecular flexibility index (Phi) is 4.58. The number of benzene rings is 2. The summed E-state index contributed by atoms with van der Waals surface area (Å²) in [7, 11) is 0. The van der Waals surface area contributed by atoms with E-state index in [4.69, 9.17) is 5.26 Å². The number of aromatic amines is 1. The van der Waals surface area contributed by atoms with Crippen LogP contribution in [-0.4, -0.2) is 4.98 Å². The first-order chi connectivity index (χ1) is 12.6. The van der Waals surface area contributed by atoms with Crippen molar-refractivity contribution >= 4 is 12.6 Å². The summed E-state index contributed by atoms with van der Waals surface area (Å²) >= 11 is 4.14. The van der Waals surface area contributed by atoms with Crippen molar-refractivity contribution in [1.82, 2.24) is 4.98 Å². The van der Waals surface area contributed by atoms with Gasteiger partial charge in [0.15, 0.2) is 0 Å². The van der Waals surface area contributed by atoms with E-state index in [1.165, 1.54) is 0 Å². The first-order valence-corrected chi connectivity index (χ1v) is 7.94. The second-order valence-corrected chi connectivity index (χ2v) is 5.87. The Balaban J connectivity index is 2.13. The van der Waals surface area contributed by atoms with Crippen molar-refractivity contribution in [3.8, 4) is 40.5 Å². The number of pyridine rings is 1. The Labute approximate surface area is 154 Å². The van der Waals surface area contributed by atoms with Crippen molar-refractivity contribution in [3.63, 3.8) is 0 Å². The van der Waals surface area contributed by atoms with E-state index in [0.717, 1.165) is 11.1 Å². The van der Waals surface area contributed by atoms with Crippen molar-refractivity contribution in [2.24, 2.45) is 0 Å². The van der Waals surface area contributed by atoms with Crippen LogP contribution in [0.5, 0.6) is 0 Å². The Morgan fingerprint density at radius 1 is 0.731 bits per heavy atom. The molecule has 0 amide bonds. The molecule has 5 nitrogen and oxygen atoms in total. The van der Waals surface area contributed by atoms with E-state index in [9.17, 15) is 15.3 Å². The van der Waals surface area contributed by atoms with Crippen LogP contribution in [-0.2, 0) is 0 Å². The van der Waals surface area contributed by atoms with Gasteiger partial charge in [-0.2, -0.15) is 15.8 Å². The number of hydrogen-bond donors (Lipinski definition) is 2. The first-order valence-electron chi connectivity index (χ1n) is 7.49. The zero-order chi connectivity index (χ0) is 18.7. The van der Waals surface area contributed by atoms with Gasteiger partial charge >= 0.3 is 0 Å². The predicted octanol–water partition coefficient (Wildman–Crippen LogP) is 3.61. The number of thiol groups is 1. The zero-order valence-electron chi connectivity index (χ0n) is 13.3. The number of H-pyrrole nitrogens is 1. The molecule has 0 bridgehead atoms. The molecule has 0 saturated carbocycles. The van der Waals surface area contributed by atoms with Gasteiger partial charge in [0.2, 0.25) is 0 Å². The lowest BCUT2D eigenvalue weighted by atomic mass is 9.95. The molecule has 0 saturated heterocycles. The standard InChI is InChI=1S/C20H10N4OS/c21-9-12-1-3-13(4-2-12)14-5-7-15(8-6-14)18-16(10-22)19(25)24-20(26)17(18)11-23/h1-8H,(H2,24,25,26). The Bertz CT molecular complexity index is 1170. The molecule has 122 valence electrons. The van der Waals surface area contributed by atoms with E-state index in [-0.39, 0.29) is 21.7 Å². The van der Waals surface area contributed by atoms with Crippen molar-refractivity contribution < 1.29 is 0 Å². The van der Waals surface area contributed by atoms with Gasteiger partial charge in [-0.15, -0.1) is 12.6 Å². The Morgan fingerprint density at radius 2 is 1.23 bits per heavy atom. The van der Waals surface area contributed by atoms with Crippen LogP contribution in [0.3, 0.4) is 0 Å². The molecule has 0 unspecified atom stereocenters. The van der Waals surface area contributed by atoms with Gasteiger partial charge in [-0.3, -0.25) is 4.79 Å². The monoisotopic (exact) mass is 354 g/mol. The molecule has 0 radical (unpaired) electrons. The highest BCUT2D eigenvalue weighted by Gasteiger charge is 2.17. The highest BCUT2D eigenvalue weighted by atomic mass is 32.1. The molecule has 3 aromatic rings. The molecule has 6 heteroatoms. The molecule has 0 atom stereocenters. The molecule has 0 fully saturated rings. The largest absolute Gasteiger partial charge is 0.315 e. The number of nitriles is 3. The SMILES string of the molecule is N#Cc1ccc(-c2ccc(-c3c(C#N)c(S)[nH]c(=O)c3C#N)cc2)cc1. The summed E-state index contributed by atoms with van der Waals surface area (Å²) in [5.74, 6) is 0. The van der Waals surface area contributed by atoms with Crippen LogP contribution in [0.15, 0.2) is 58.4 Å². The summed E-state index contributed by atoms with van der Waals surface area (Å²) in [6.45, 7) is 0. The fourth-order valence-corrected chi connectivity index (χ4v) is 2.92. The lowest BCUT2D eigenvalue weighted by Gasteiger charge is -2.09. The number of nitrogens with zero attached hydrogens (tertiary/aromatic N) is 3. The molecular formula is C20H10N4OS. The van der Waals surface area contributed by atoms with Gasteiger partial charge in [-0.25, -0.2) is 0 Å². The van der Waals surface area contributed by atoms with Crippen LogP contribution in [0, 0.1) is 34.0 Å². The minimum atomic E-state index is -0.581. The topological polar surface area (TPSA) is 104 Å². The maximum absolute atomic E-state index is 12.0. The fourth-order valence-electron chi connectivity index (χ4n) is 2.66. The van der Waals surface area contributed by atoms with Gasteiger partial charge in [0.25, 0.3) is 5.56 Å². The van der Waals surface area contributed by atoms with Gasteiger partial charge in [0.05, 0.1) is 22.2 Å². The molecule has 26 heavy (non-hydrogen) atoms. The Morgan fingerprint density at radius 3 is 1.73 bits per heavy atom. The molecule has 0 spiro atoms. The Hall–Kier alpha value is -3.79. The predicted molar refractivity (Wildman–Crippen MR) is 99.3 cm³/mol. The first kappa shape index (κ1) is 17.0. The van der Waals surface area contributed by atoms with Crippen LogP contribution in [0.4, 0.5) is 0 Å². The summed E-state index contributed by atoms with van der Waals surface area (Å²) in [6.07, 6.45) is 0. The van der Waals surface area contributed by atoms with Gasteiger partial charge in [0.1, 0.15) is 17.7 Å². The summed E-state index contributed by atoms with van der Waals surface area (Å²) in [5, 5.41) is 27.7. The minimum absolute atomic E-state index is 0.120. The quantitative estimate of drug-likeness (QED) is 0.686. The number of aromatic nitrogens is 1. The smallest absolute Gasteiger partial charge is 0.267 e. The third-order valence-electron chi connectivity index (χ3n) is 3.94. The van der Waals surface area contributed by atoms with Crippen molar-refractivity contribution in [3.05, 3.63) is 75.6 Å². The molecule has 2 aromatic carbocycles. The van der Waals surface area contributed by atoms with Crippen LogP contribution in [0.25, 0.3) is 22.3 Å². The number of hydrogen-bond acceptors (Lipinski definition) is 5. The highest BCUT2D eigenvalue weighted by Crippen LogP contribution is 2.30. The average Bonchev–Trinajstić information content (AvgIpc) is 2.68. The number of rotatable bonds is 2. The summed E-state index contributed by atoms with van der Waals surface area (Å²) in [6, 6.07) is 20.2.